The van der Waals surface area contributed by atoms with Crippen molar-refractivity contribution in [3.63, 3.8) is 0 Å². The van der Waals surface area contributed by atoms with Crippen LogP contribution in [0.5, 0.6) is 5.75 Å². The monoisotopic (exact) mass is 396 g/mol. The third-order valence-electron chi connectivity index (χ3n) is 4.14. The van der Waals surface area contributed by atoms with Gasteiger partial charge in [-0.2, -0.15) is 0 Å². The molecule has 0 aromatic heterocycles. The van der Waals surface area contributed by atoms with Crippen molar-refractivity contribution in [1.82, 2.24) is 9.80 Å². The van der Waals surface area contributed by atoms with Crippen LogP contribution in [0.2, 0.25) is 0 Å². The van der Waals surface area contributed by atoms with Crippen molar-refractivity contribution in [2.75, 3.05) is 13.1 Å². The molecular weight excluding hydrogens is 376 g/mol. The normalized spacial score (nSPS) is 22.7. The quantitative estimate of drug-likeness (QED) is 0.726. The summed E-state index contributed by atoms with van der Waals surface area (Å²) in [6.07, 6.45) is 0.0802. The standard InChI is InChI=1S/C17H21BrN2O4/c1-17(2,3)24-16(22)20-10-11-8-12(20)9-19(11)15(21)23-14-7-5-4-6-13(14)18/h4-7,11-12H,8-10H2,1-3H3. The molecule has 24 heavy (non-hydrogen) atoms. The second-order valence-corrected chi connectivity index (χ2v) is 7.98. The molecule has 2 atom stereocenters. The second kappa shape index (κ2) is 6.27. The number of amides is 2. The molecule has 7 heteroatoms. The number of halogens is 1. The lowest BCUT2D eigenvalue weighted by Crippen LogP contribution is -2.52. The molecule has 6 nitrogen and oxygen atoms in total. The van der Waals surface area contributed by atoms with Crippen LogP contribution in [-0.2, 0) is 4.74 Å². The summed E-state index contributed by atoms with van der Waals surface area (Å²) >= 11 is 3.37. The van der Waals surface area contributed by atoms with Gasteiger partial charge >= 0.3 is 12.2 Å². The van der Waals surface area contributed by atoms with Gasteiger partial charge in [-0.05, 0) is 55.3 Å². The fourth-order valence-electron chi connectivity index (χ4n) is 3.11. The molecule has 2 fully saturated rings. The number of hydrogen-bond donors (Lipinski definition) is 0. The maximum atomic E-state index is 12.4. The maximum absolute atomic E-state index is 12.4. The lowest BCUT2D eigenvalue weighted by molar-refractivity contribution is 0.0138. The number of benzene rings is 1. The molecule has 3 rings (SSSR count). The van der Waals surface area contributed by atoms with E-state index in [1.807, 2.05) is 39.0 Å². The predicted molar refractivity (Wildman–Crippen MR) is 92.0 cm³/mol. The van der Waals surface area contributed by atoms with E-state index in [0.29, 0.717) is 18.8 Å². The number of carbonyl (C=O) groups is 2. The van der Waals surface area contributed by atoms with Gasteiger partial charge in [-0.15, -0.1) is 0 Å². The van der Waals surface area contributed by atoms with E-state index in [1.165, 1.54) is 0 Å². The van der Waals surface area contributed by atoms with Crippen molar-refractivity contribution in [1.29, 1.82) is 0 Å². The van der Waals surface area contributed by atoms with Crippen LogP contribution in [0.3, 0.4) is 0 Å². The molecule has 0 radical (unpaired) electrons. The van der Waals surface area contributed by atoms with E-state index in [4.69, 9.17) is 9.47 Å². The Labute approximate surface area is 149 Å². The number of likely N-dealkylation sites (tertiary alicyclic amines) is 2. The first-order chi connectivity index (χ1) is 11.2. The SMILES string of the molecule is CC(C)(C)OC(=O)N1CC2CC1CN2C(=O)Oc1ccccc1Br. The number of ether oxygens (including phenoxy) is 2. The Morgan fingerprint density at radius 3 is 2.21 bits per heavy atom. The first kappa shape index (κ1) is 17.1. The highest BCUT2D eigenvalue weighted by molar-refractivity contribution is 9.10. The molecule has 0 N–H and O–H groups in total. The zero-order valence-electron chi connectivity index (χ0n) is 14.0. The Bertz CT molecular complexity index is 658. The molecule has 2 bridgehead atoms. The average molecular weight is 397 g/mol. The summed E-state index contributed by atoms with van der Waals surface area (Å²) in [7, 11) is 0. The van der Waals surface area contributed by atoms with Crippen molar-refractivity contribution in [2.45, 2.75) is 44.9 Å². The summed E-state index contributed by atoms with van der Waals surface area (Å²) in [4.78, 5) is 28.1. The van der Waals surface area contributed by atoms with Crippen LogP contribution in [0.15, 0.2) is 28.7 Å². The van der Waals surface area contributed by atoms with E-state index in [2.05, 4.69) is 15.9 Å². The van der Waals surface area contributed by atoms with E-state index >= 15 is 0 Å². The minimum atomic E-state index is -0.517. The summed E-state index contributed by atoms with van der Waals surface area (Å²) in [5.74, 6) is 0.495. The molecular formula is C17H21BrN2O4. The zero-order chi connectivity index (χ0) is 17.5. The molecule has 1 aromatic rings. The molecule has 2 unspecified atom stereocenters. The topological polar surface area (TPSA) is 59.1 Å². The van der Waals surface area contributed by atoms with Crippen molar-refractivity contribution in [2.24, 2.45) is 0 Å². The van der Waals surface area contributed by atoms with Gasteiger partial charge in [-0.25, -0.2) is 9.59 Å². The van der Waals surface area contributed by atoms with Gasteiger partial charge in [0.25, 0.3) is 0 Å². The van der Waals surface area contributed by atoms with E-state index in [9.17, 15) is 9.59 Å². The van der Waals surface area contributed by atoms with E-state index < -0.39 is 5.60 Å². The van der Waals surface area contributed by atoms with Gasteiger partial charge in [0.1, 0.15) is 11.4 Å². The third kappa shape index (κ3) is 3.50. The van der Waals surface area contributed by atoms with Crippen molar-refractivity contribution < 1.29 is 19.1 Å². The van der Waals surface area contributed by atoms with Gasteiger partial charge in [-0.3, -0.25) is 0 Å². The van der Waals surface area contributed by atoms with Crippen LogP contribution < -0.4 is 4.74 Å². The Hall–Kier alpha value is -1.76. The van der Waals surface area contributed by atoms with Crippen LogP contribution in [0.25, 0.3) is 0 Å². The van der Waals surface area contributed by atoms with Crippen LogP contribution in [-0.4, -0.2) is 52.8 Å². The molecule has 2 aliphatic rings. The molecule has 130 valence electrons. The number of piperazine rings is 1. The van der Waals surface area contributed by atoms with Crippen molar-refractivity contribution >= 4 is 28.1 Å². The molecule has 2 heterocycles. The summed E-state index contributed by atoms with van der Waals surface area (Å²) < 4.78 is 11.6. The van der Waals surface area contributed by atoms with E-state index in [1.54, 1.807) is 15.9 Å². The minimum absolute atomic E-state index is 0.00314. The molecule has 0 aliphatic carbocycles. The lowest BCUT2D eigenvalue weighted by atomic mass is 10.2. The fraction of sp³-hybridized carbons (Fsp3) is 0.529. The first-order valence-electron chi connectivity index (χ1n) is 7.97. The minimum Gasteiger partial charge on any atom is -0.444 e. The molecule has 1 aromatic carbocycles. The predicted octanol–water partition coefficient (Wildman–Crippen LogP) is 3.64. The summed E-state index contributed by atoms with van der Waals surface area (Å²) in [5, 5.41) is 0. The van der Waals surface area contributed by atoms with Gasteiger partial charge in [0.05, 0.1) is 16.6 Å². The molecule has 0 saturated carbocycles. The first-order valence-corrected chi connectivity index (χ1v) is 8.76. The van der Waals surface area contributed by atoms with Gasteiger partial charge < -0.3 is 19.3 Å². The molecule has 2 aliphatic heterocycles. The smallest absolute Gasteiger partial charge is 0.415 e. The highest BCUT2D eigenvalue weighted by Crippen LogP contribution is 2.33. The maximum Gasteiger partial charge on any atom is 0.415 e. The highest BCUT2D eigenvalue weighted by Gasteiger charge is 2.48. The van der Waals surface area contributed by atoms with Crippen molar-refractivity contribution in [3.05, 3.63) is 28.7 Å². The summed E-state index contributed by atoms with van der Waals surface area (Å²) in [6, 6.07) is 7.21. The Morgan fingerprint density at radius 1 is 1.08 bits per heavy atom. The van der Waals surface area contributed by atoms with Gasteiger partial charge in [0, 0.05) is 13.1 Å². The Balaban J connectivity index is 1.60. The third-order valence-corrected chi connectivity index (χ3v) is 4.79. The largest absolute Gasteiger partial charge is 0.444 e. The summed E-state index contributed by atoms with van der Waals surface area (Å²) in [5.41, 5.74) is -0.517. The average Bonchev–Trinajstić information content (AvgIpc) is 3.08. The van der Waals surface area contributed by atoms with Gasteiger partial charge in [0.2, 0.25) is 0 Å². The number of rotatable bonds is 1. The van der Waals surface area contributed by atoms with Crippen LogP contribution in [0, 0.1) is 0 Å². The van der Waals surface area contributed by atoms with Crippen LogP contribution >= 0.6 is 15.9 Å². The number of nitrogens with zero attached hydrogens (tertiary/aromatic N) is 2. The number of hydrogen-bond acceptors (Lipinski definition) is 4. The number of fused-ring (bicyclic) bond motifs is 2. The van der Waals surface area contributed by atoms with Crippen molar-refractivity contribution in [3.8, 4) is 5.75 Å². The Morgan fingerprint density at radius 2 is 1.67 bits per heavy atom. The fourth-order valence-corrected chi connectivity index (χ4v) is 3.48. The highest BCUT2D eigenvalue weighted by atomic mass is 79.9. The Kier molecular flexibility index (Phi) is 4.46. The van der Waals surface area contributed by atoms with Crippen LogP contribution in [0.4, 0.5) is 9.59 Å². The zero-order valence-corrected chi connectivity index (χ0v) is 15.6. The van der Waals surface area contributed by atoms with E-state index in [-0.39, 0.29) is 24.3 Å². The second-order valence-electron chi connectivity index (χ2n) is 7.13. The van der Waals surface area contributed by atoms with Gasteiger partial charge in [0.15, 0.2) is 0 Å². The van der Waals surface area contributed by atoms with Crippen LogP contribution in [0.1, 0.15) is 27.2 Å². The van der Waals surface area contributed by atoms with E-state index in [0.717, 1.165) is 10.9 Å². The molecule has 2 saturated heterocycles. The molecule has 0 spiro atoms. The number of para-hydroxylation sites is 1. The van der Waals surface area contributed by atoms with Gasteiger partial charge in [-0.1, -0.05) is 12.1 Å². The lowest BCUT2D eigenvalue weighted by Gasteiger charge is -2.34. The summed E-state index contributed by atoms with van der Waals surface area (Å²) in [6.45, 7) is 6.51. The number of carbonyl (C=O) groups excluding carboxylic acids is 2. The molecule has 2 amide bonds.